The van der Waals surface area contributed by atoms with E-state index in [1.165, 1.54) is 0 Å². The first-order chi connectivity index (χ1) is 8.86. The van der Waals surface area contributed by atoms with Crippen LogP contribution in [0, 0.1) is 5.41 Å². The third-order valence-electron chi connectivity index (χ3n) is 3.27. The fraction of sp³-hybridized carbons (Fsp3) is 0.733. The molecule has 4 nitrogen and oxygen atoms in total. The summed E-state index contributed by atoms with van der Waals surface area (Å²) in [6.45, 7) is 14.0. The lowest BCUT2D eigenvalue weighted by molar-refractivity contribution is 0.358. The number of rotatable bonds is 6. The number of nitrogens with one attached hydrogen (secondary N) is 2. The van der Waals surface area contributed by atoms with Crippen LogP contribution in [0.3, 0.4) is 0 Å². The number of hydrogen-bond donors (Lipinski definition) is 2. The molecule has 1 heterocycles. The first kappa shape index (κ1) is 15.7. The van der Waals surface area contributed by atoms with E-state index in [9.17, 15) is 0 Å². The Kier molecular flexibility index (Phi) is 5.58. The maximum absolute atomic E-state index is 4.60. The van der Waals surface area contributed by atoms with Crippen molar-refractivity contribution in [2.45, 2.75) is 60.4 Å². The second kappa shape index (κ2) is 6.73. The minimum Gasteiger partial charge on any atom is -0.370 e. The minimum atomic E-state index is 0.203. The summed E-state index contributed by atoms with van der Waals surface area (Å²) < 4.78 is 0. The number of anilines is 2. The topological polar surface area (TPSA) is 49.8 Å². The molecule has 0 saturated heterocycles. The highest BCUT2D eigenvalue weighted by molar-refractivity contribution is 5.48. The van der Waals surface area contributed by atoms with Gasteiger partial charge in [-0.25, -0.2) is 9.97 Å². The first-order valence-corrected chi connectivity index (χ1v) is 7.25. The van der Waals surface area contributed by atoms with Crippen LogP contribution in [0.25, 0.3) is 0 Å². The van der Waals surface area contributed by atoms with E-state index in [2.05, 4.69) is 62.1 Å². The van der Waals surface area contributed by atoms with Crippen molar-refractivity contribution >= 4 is 11.6 Å². The zero-order valence-corrected chi connectivity index (χ0v) is 13.2. The molecule has 1 atom stereocenters. The lowest BCUT2D eigenvalue weighted by atomic mass is 9.88. The van der Waals surface area contributed by atoms with Gasteiger partial charge in [0.1, 0.15) is 17.5 Å². The van der Waals surface area contributed by atoms with Gasteiger partial charge in [-0.1, -0.05) is 27.7 Å². The van der Waals surface area contributed by atoms with Crippen LogP contribution < -0.4 is 10.6 Å². The van der Waals surface area contributed by atoms with E-state index in [1.54, 1.807) is 0 Å². The fourth-order valence-corrected chi connectivity index (χ4v) is 1.62. The Morgan fingerprint density at radius 2 is 1.79 bits per heavy atom. The van der Waals surface area contributed by atoms with Crippen molar-refractivity contribution in [1.29, 1.82) is 0 Å². The van der Waals surface area contributed by atoms with Crippen LogP contribution in [0.4, 0.5) is 11.6 Å². The van der Waals surface area contributed by atoms with Crippen LogP contribution in [0.1, 0.15) is 53.8 Å². The lowest BCUT2D eigenvalue weighted by Crippen LogP contribution is -2.31. The number of aromatic nitrogens is 2. The van der Waals surface area contributed by atoms with Crippen LogP contribution in [0.5, 0.6) is 0 Å². The molecule has 0 aliphatic rings. The molecule has 0 fully saturated rings. The number of nitrogens with zero attached hydrogens (tertiary/aromatic N) is 2. The highest BCUT2D eigenvalue weighted by Gasteiger charge is 2.20. The van der Waals surface area contributed by atoms with Gasteiger partial charge in [0, 0.05) is 25.1 Å². The summed E-state index contributed by atoms with van der Waals surface area (Å²) in [5.41, 5.74) is 0.203. The van der Waals surface area contributed by atoms with Crippen molar-refractivity contribution in [3.63, 3.8) is 0 Å². The van der Waals surface area contributed by atoms with Gasteiger partial charge < -0.3 is 10.6 Å². The molecule has 19 heavy (non-hydrogen) atoms. The van der Waals surface area contributed by atoms with E-state index < -0.39 is 0 Å². The molecule has 1 aromatic heterocycles. The van der Waals surface area contributed by atoms with Gasteiger partial charge in [0.2, 0.25) is 0 Å². The zero-order valence-electron chi connectivity index (χ0n) is 13.2. The van der Waals surface area contributed by atoms with Crippen molar-refractivity contribution < 1.29 is 0 Å². The second-order valence-electron chi connectivity index (χ2n) is 6.07. The summed E-state index contributed by atoms with van der Waals surface area (Å²) in [4.78, 5) is 9.12. The zero-order chi connectivity index (χ0) is 14.5. The third kappa shape index (κ3) is 5.05. The molecule has 1 aromatic rings. The second-order valence-corrected chi connectivity index (χ2v) is 6.07. The maximum Gasteiger partial charge on any atom is 0.133 e. The lowest BCUT2D eigenvalue weighted by Gasteiger charge is -2.28. The van der Waals surface area contributed by atoms with E-state index in [4.69, 9.17) is 0 Å². The highest BCUT2D eigenvalue weighted by Crippen LogP contribution is 2.23. The molecule has 1 rings (SSSR count). The van der Waals surface area contributed by atoms with Crippen molar-refractivity contribution in [3.8, 4) is 0 Å². The van der Waals surface area contributed by atoms with E-state index in [1.807, 2.05) is 6.07 Å². The van der Waals surface area contributed by atoms with Crippen LogP contribution in [-0.4, -0.2) is 22.6 Å². The molecule has 0 bridgehead atoms. The normalized spacial score (nSPS) is 13.2. The smallest absolute Gasteiger partial charge is 0.133 e. The first-order valence-electron chi connectivity index (χ1n) is 7.25. The summed E-state index contributed by atoms with van der Waals surface area (Å²) >= 11 is 0. The van der Waals surface area contributed by atoms with E-state index >= 15 is 0 Å². The van der Waals surface area contributed by atoms with Crippen LogP contribution in [0.2, 0.25) is 0 Å². The van der Waals surface area contributed by atoms with Gasteiger partial charge in [-0.2, -0.15) is 0 Å². The Morgan fingerprint density at radius 1 is 1.16 bits per heavy atom. The SMILES string of the molecule is CCCc1nc(NCC)cc(NC(C)C(C)(C)C)n1. The molecule has 108 valence electrons. The largest absolute Gasteiger partial charge is 0.370 e. The Hall–Kier alpha value is -1.32. The van der Waals surface area contributed by atoms with Crippen LogP contribution in [-0.2, 0) is 6.42 Å². The van der Waals surface area contributed by atoms with E-state index in [-0.39, 0.29) is 5.41 Å². The molecule has 0 radical (unpaired) electrons. The predicted octanol–water partition coefficient (Wildman–Crippen LogP) is 3.71. The van der Waals surface area contributed by atoms with Crippen molar-refractivity contribution in [2.75, 3.05) is 17.2 Å². The predicted molar refractivity (Wildman–Crippen MR) is 82.7 cm³/mol. The summed E-state index contributed by atoms with van der Waals surface area (Å²) in [5.74, 6) is 2.73. The van der Waals surface area contributed by atoms with Gasteiger partial charge in [0.15, 0.2) is 0 Å². The monoisotopic (exact) mass is 264 g/mol. The number of aryl methyl sites for hydroxylation is 1. The minimum absolute atomic E-state index is 0.203. The van der Waals surface area contributed by atoms with Crippen molar-refractivity contribution in [1.82, 2.24) is 9.97 Å². The molecule has 0 saturated carbocycles. The molecule has 0 spiro atoms. The molecular formula is C15H28N4. The molecule has 0 aliphatic heterocycles. The molecule has 4 heteroatoms. The molecule has 0 amide bonds. The Labute approximate surface area is 117 Å². The average molecular weight is 264 g/mol. The average Bonchev–Trinajstić information content (AvgIpc) is 2.28. The quantitative estimate of drug-likeness (QED) is 0.822. The van der Waals surface area contributed by atoms with Crippen molar-refractivity contribution in [2.24, 2.45) is 5.41 Å². The molecule has 2 N–H and O–H groups in total. The van der Waals surface area contributed by atoms with Gasteiger partial charge >= 0.3 is 0 Å². The van der Waals surface area contributed by atoms with Gasteiger partial charge in [-0.05, 0) is 25.7 Å². The number of hydrogen-bond acceptors (Lipinski definition) is 4. The molecular weight excluding hydrogens is 236 g/mol. The van der Waals surface area contributed by atoms with Gasteiger partial charge in [0.05, 0.1) is 0 Å². The van der Waals surface area contributed by atoms with Gasteiger partial charge in [0.25, 0.3) is 0 Å². The van der Waals surface area contributed by atoms with Crippen LogP contribution >= 0.6 is 0 Å². The Balaban J connectivity index is 2.92. The van der Waals surface area contributed by atoms with E-state index in [0.29, 0.717) is 6.04 Å². The maximum atomic E-state index is 4.60. The molecule has 1 unspecified atom stereocenters. The molecule has 0 aromatic carbocycles. The van der Waals surface area contributed by atoms with Crippen molar-refractivity contribution in [3.05, 3.63) is 11.9 Å². The Bertz CT molecular complexity index is 371. The fourth-order valence-electron chi connectivity index (χ4n) is 1.62. The Morgan fingerprint density at radius 3 is 2.32 bits per heavy atom. The standard InChI is InChI=1S/C15H28N4/c1-7-9-12-18-13(16-8-2)10-14(19-12)17-11(3)15(4,5)6/h10-11H,7-9H2,1-6H3,(H2,16,17,18,19). The molecule has 0 aliphatic carbocycles. The summed E-state index contributed by atoms with van der Waals surface area (Å²) in [6, 6.07) is 2.34. The highest BCUT2D eigenvalue weighted by atomic mass is 15.1. The van der Waals surface area contributed by atoms with E-state index in [0.717, 1.165) is 36.8 Å². The van der Waals surface area contributed by atoms with Gasteiger partial charge in [-0.15, -0.1) is 0 Å². The summed E-state index contributed by atoms with van der Waals surface area (Å²) in [5, 5.41) is 6.76. The van der Waals surface area contributed by atoms with Crippen LogP contribution in [0.15, 0.2) is 6.07 Å². The van der Waals surface area contributed by atoms with Gasteiger partial charge in [-0.3, -0.25) is 0 Å². The summed E-state index contributed by atoms with van der Waals surface area (Å²) in [6.07, 6.45) is 1.97. The third-order valence-corrected chi connectivity index (χ3v) is 3.27. The summed E-state index contributed by atoms with van der Waals surface area (Å²) in [7, 11) is 0.